The van der Waals surface area contributed by atoms with Gasteiger partial charge in [-0.15, -0.1) is 0 Å². The van der Waals surface area contributed by atoms with Gasteiger partial charge in [-0.2, -0.15) is 4.31 Å². The SMILES string of the molecule is CC(=O)N1CCN(C(=O)CCn2c(=O)oc3cc(S(=O)(=O)N4CCCC4)ccc32)CC1. The number of carbonyl (C=O) groups is 2. The van der Waals surface area contributed by atoms with E-state index in [-0.39, 0.29) is 35.3 Å². The summed E-state index contributed by atoms with van der Waals surface area (Å²) in [5.41, 5.74) is 0.646. The molecule has 2 fully saturated rings. The Balaban J connectivity index is 1.46. The highest BCUT2D eigenvalue weighted by molar-refractivity contribution is 7.89. The van der Waals surface area contributed by atoms with Crippen LogP contribution in [0.15, 0.2) is 32.3 Å². The van der Waals surface area contributed by atoms with Crippen molar-refractivity contribution in [3.8, 4) is 0 Å². The molecular formula is C20H26N4O6S. The molecule has 2 aliphatic heterocycles. The number of piperazine rings is 1. The van der Waals surface area contributed by atoms with Crippen LogP contribution in [0.5, 0.6) is 0 Å². The molecule has 0 N–H and O–H groups in total. The fraction of sp³-hybridized carbons (Fsp3) is 0.550. The van der Waals surface area contributed by atoms with Crippen molar-refractivity contribution >= 4 is 32.9 Å². The number of oxazole rings is 1. The molecule has 0 saturated carbocycles. The molecule has 2 amide bonds. The molecule has 1 aromatic carbocycles. The van der Waals surface area contributed by atoms with E-state index < -0.39 is 15.8 Å². The summed E-state index contributed by atoms with van der Waals surface area (Å²) in [5.74, 6) is -0.729. The van der Waals surface area contributed by atoms with E-state index in [0.717, 1.165) is 12.8 Å². The molecule has 3 heterocycles. The Morgan fingerprint density at radius 1 is 1.00 bits per heavy atom. The van der Waals surface area contributed by atoms with E-state index in [1.807, 2.05) is 0 Å². The molecule has 0 unspecified atom stereocenters. The fourth-order valence-electron chi connectivity index (χ4n) is 4.13. The number of benzene rings is 1. The predicted molar refractivity (Wildman–Crippen MR) is 112 cm³/mol. The number of aromatic nitrogens is 1. The number of nitrogens with zero attached hydrogens (tertiary/aromatic N) is 4. The molecule has 11 heteroatoms. The molecule has 0 aliphatic carbocycles. The summed E-state index contributed by atoms with van der Waals surface area (Å²) in [6.07, 6.45) is 1.79. The average Bonchev–Trinajstić information content (AvgIpc) is 3.40. The normalized spacial score (nSPS) is 18.1. The Hall–Kier alpha value is -2.66. The smallest absolute Gasteiger partial charge is 0.408 e. The van der Waals surface area contributed by atoms with E-state index in [1.165, 1.54) is 27.9 Å². The van der Waals surface area contributed by atoms with E-state index >= 15 is 0 Å². The van der Waals surface area contributed by atoms with Crippen LogP contribution in [0.2, 0.25) is 0 Å². The van der Waals surface area contributed by atoms with E-state index in [1.54, 1.807) is 15.9 Å². The Labute approximate surface area is 180 Å². The summed E-state index contributed by atoms with van der Waals surface area (Å²) in [4.78, 5) is 39.8. The summed E-state index contributed by atoms with van der Waals surface area (Å²) in [6, 6.07) is 4.41. The van der Waals surface area contributed by atoms with Crippen molar-refractivity contribution in [2.45, 2.75) is 37.6 Å². The highest BCUT2D eigenvalue weighted by Crippen LogP contribution is 2.24. The number of aryl methyl sites for hydroxylation is 1. The first kappa shape index (κ1) is 21.6. The van der Waals surface area contributed by atoms with Gasteiger partial charge in [-0.05, 0) is 25.0 Å². The highest BCUT2D eigenvalue weighted by Gasteiger charge is 2.28. The van der Waals surface area contributed by atoms with E-state index in [2.05, 4.69) is 0 Å². The molecule has 2 aromatic rings. The third kappa shape index (κ3) is 4.24. The summed E-state index contributed by atoms with van der Waals surface area (Å²) >= 11 is 0. The standard InChI is InChI=1S/C20H26N4O6S/c1-15(25)21-10-12-22(13-11-21)19(26)6-9-24-17-5-4-16(14-18(17)30-20(24)27)31(28,29)23-7-2-3-8-23/h4-5,14H,2-3,6-13H2,1H3. The summed E-state index contributed by atoms with van der Waals surface area (Å²) in [6.45, 7) is 4.58. The first-order chi connectivity index (χ1) is 14.8. The molecule has 2 aliphatic rings. The topological polar surface area (TPSA) is 113 Å². The van der Waals surface area contributed by atoms with Gasteiger partial charge in [-0.1, -0.05) is 0 Å². The first-order valence-corrected chi connectivity index (χ1v) is 11.9. The van der Waals surface area contributed by atoms with Gasteiger partial charge in [0.05, 0.1) is 10.4 Å². The van der Waals surface area contributed by atoms with Crippen LogP contribution in [-0.4, -0.2) is 78.2 Å². The van der Waals surface area contributed by atoms with Gasteiger partial charge in [0.2, 0.25) is 21.8 Å². The predicted octanol–water partition coefficient (Wildman–Crippen LogP) is 0.460. The van der Waals surface area contributed by atoms with Crippen molar-refractivity contribution in [3.63, 3.8) is 0 Å². The van der Waals surface area contributed by atoms with Gasteiger partial charge in [0, 0.05) is 65.2 Å². The van der Waals surface area contributed by atoms with Crippen molar-refractivity contribution in [1.29, 1.82) is 0 Å². The lowest BCUT2D eigenvalue weighted by Gasteiger charge is -2.34. The molecule has 0 bridgehead atoms. The lowest BCUT2D eigenvalue weighted by Crippen LogP contribution is -2.50. The van der Waals surface area contributed by atoms with Crippen LogP contribution in [0, 0.1) is 0 Å². The number of sulfonamides is 1. The van der Waals surface area contributed by atoms with Crippen LogP contribution < -0.4 is 5.76 Å². The second kappa shape index (κ2) is 8.46. The number of hydrogen-bond donors (Lipinski definition) is 0. The number of rotatable bonds is 5. The Morgan fingerprint density at radius 3 is 2.29 bits per heavy atom. The molecule has 10 nitrogen and oxygen atoms in total. The average molecular weight is 451 g/mol. The monoisotopic (exact) mass is 450 g/mol. The van der Waals surface area contributed by atoms with Crippen LogP contribution in [0.3, 0.4) is 0 Å². The Kier molecular flexibility index (Phi) is 5.89. The van der Waals surface area contributed by atoms with Crippen molar-refractivity contribution in [3.05, 3.63) is 28.7 Å². The van der Waals surface area contributed by atoms with Gasteiger partial charge >= 0.3 is 5.76 Å². The maximum absolute atomic E-state index is 12.7. The lowest BCUT2D eigenvalue weighted by atomic mass is 10.2. The molecule has 0 spiro atoms. The molecule has 0 atom stereocenters. The highest BCUT2D eigenvalue weighted by atomic mass is 32.2. The van der Waals surface area contributed by atoms with Gasteiger partial charge < -0.3 is 14.2 Å². The Bertz CT molecular complexity index is 1150. The third-order valence-electron chi connectivity index (χ3n) is 5.97. The number of amides is 2. The molecule has 2 saturated heterocycles. The van der Waals surface area contributed by atoms with Crippen molar-refractivity contribution in [2.75, 3.05) is 39.3 Å². The van der Waals surface area contributed by atoms with E-state index in [9.17, 15) is 22.8 Å². The van der Waals surface area contributed by atoms with Gasteiger partial charge in [0.1, 0.15) is 0 Å². The van der Waals surface area contributed by atoms with Crippen molar-refractivity contribution in [2.24, 2.45) is 0 Å². The van der Waals surface area contributed by atoms with Crippen LogP contribution in [-0.2, 0) is 26.2 Å². The minimum atomic E-state index is -3.61. The first-order valence-electron chi connectivity index (χ1n) is 10.4. The summed E-state index contributed by atoms with van der Waals surface area (Å²) in [5, 5.41) is 0. The minimum absolute atomic E-state index is 0.00497. The summed E-state index contributed by atoms with van der Waals surface area (Å²) < 4.78 is 33.6. The molecule has 1 aromatic heterocycles. The quantitative estimate of drug-likeness (QED) is 0.654. The van der Waals surface area contributed by atoms with Crippen LogP contribution in [0.4, 0.5) is 0 Å². The van der Waals surface area contributed by atoms with Crippen LogP contribution in [0.1, 0.15) is 26.2 Å². The largest absolute Gasteiger partial charge is 0.419 e. The maximum Gasteiger partial charge on any atom is 0.419 e. The zero-order valence-corrected chi connectivity index (χ0v) is 18.3. The van der Waals surface area contributed by atoms with E-state index in [4.69, 9.17) is 4.42 Å². The van der Waals surface area contributed by atoms with Gasteiger partial charge in [0.25, 0.3) is 0 Å². The number of fused-ring (bicyclic) bond motifs is 1. The van der Waals surface area contributed by atoms with Gasteiger partial charge in [-0.3, -0.25) is 14.2 Å². The Morgan fingerprint density at radius 2 is 1.65 bits per heavy atom. The lowest BCUT2D eigenvalue weighted by molar-refractivity contribution is -0.138. The zero-order chi connectivity index (χ0) is 22.2. The minimum Gasteiger partial charge on any atom is -0.408 e. The van der Waals surface area contributed by atoms with Crippen molar-refractivity contribution < 1.29 is 22.4 Å². The molecular weight excluding hydrogens is 424 g/mol. The number of hydrogen-bond acceptors (Lipinski definition) is 6. The maximum atomic E-state index is 12.7. The van der Waals surface area contributed by atoms with Crippen LogP contribution >= 0.6 is 0 Å². The number of carbonyl (C=O) groups excluding carboxylic acids is 2. The molecule has 168 valence electrons. The van der Waals surface area contributed by atoms with Crippen molar-refractivity contribution in [1.82, 2.24) is 18.7 Å². The molecule has 31 heavy (non-hydrogen) atoms. The zero-order valence-electron chi connectivity index (χ0n) is 17.4. The second-order valence-corrected chi connectivity index (χ2v) is 9.84. The molecule has 0 radical (unpaired) electrons. The van der Waals surface area contributed by atoms with Crippen LogP contribution in [0.25, 0.3) is 11.1 Å². The van der Waals surface area contributed by atoms with Gasteiger partial charge in [0.15, 0.2) is 5.58 Å². The van der Waals surface area contributed by atoms with Gasteiger partial charge in [-0.25, -0.2) is 13.2 Å². The molecule has 4 rings (SSSR count). The second-order valence-electron chi connectivity index (χ2n) is 7.90. The third-order valence-corrected chi connectivity index (χ3v) is 7.86. The summed E-state index contributed by atoms with van der Waals surface area (Å²) in [7, 11) is -3.61. The van der Waals surface area contributed by atoms with E-state index in [0.29, 0.717) is 44.8 Å². The fourth-order valence-corrected chi connectivity index (χ4v) is 5.67.